The molecule has 0 aliphatic heterocycles. The first-order valence-corrected chi connectivity index (χ1v) is 6.33. The fraction of sp³-hybridized carbons (Fsp3) is 0.600. The summed E-state index contributed by atoms with van der Waals surface area (Å²) in [5.41, 5.74) is 1.46. The average molecular weight is 208 g/mol. The molecule has 0 heteroatoms. The van der Waals surface area contributed by atoms with Gasteiger partial charge in [-0.25, -0.2) is 0 Å². The standard InChI is InChI=1S/C11H16.2C2H6/c1-10(2)8-9-11-6-4-3-5-7-11;2*1-2/h3-7,10H,8-9H2,1-2H3;2*1-2H3. The molecule has 0 aliphatic rings. The van der Waals surface area contributed by atoms with Gasteiger partial charge < -0.3 is 0 Å². The Balaban J connectivity index is 0. The van der Waals surface area contributed by atoms with Gasteiger partial charge in [-0.1, -0.05) is 71.9 Å². The summed E-state index contributed by atoms with van der Waals surface area (Å²) in [4.78, 5) is 0. The van der Waals surface area contributed by atoms with Crippen molar-refractivity contribution in [2.24, 2.45) is 5.92 Å². The van der Waals surface area contributed by atoms with E-state index in [0.29, 0.717) is 0 Å². The van der Waals surface area contributed by atoms with Gasteiger partial charge in [0, 0.05) is 0 Å². The van der Waals surface area contributed by atoms with E-state index in [-0.39, 0.29) is 0 Å². The van der Waals surface area contributed by atoms with E-state index in [1.165, 1.54) is 18.4 Å². The van der Waals surface area contributed by atoms with Crippen LogP contribution in [-0.4, -0.2) is 0 Å². The molecule has 0 bridgehead atoms. The molecule has 0 N–H and O–H groups in total. The lowest BCUT2D eigenvalue weighted by Gasteiger charge is -2.03. The van der Waals surface area contributed by atoms with Crippen LogP contribution in [0.4, 0.5) is 0 Å². The van der Waals surface area contributed by atoms with Crippen molar-refractivity contribution in [2.45, 2.75) is 54.4 Å². The predicted molar refractivity (Wildman–Crippen MR) is 72.3 cm³/mol. The van der Waals surface area contributed by atoms with Crippen LogP contribution >= 0.6 is 0 Å². The normalized spacial score (nSPS) is 8.47. The van der Waals surface area contributed by atoms with Crippen LogP contribution in [0.2, 0.25) is 0 Å². The van der Waals surface area contributed by atoms with Gasteiger partial charge in [-0.3, -0.25) is 0 Å². The SMILES string of the molecule is CC.CC.CC(C)CCc1ccccc1. The number of benzene rings is 1. The highest BCUT2D eigenvalue weighted by atomic mass is 14.0. The first-order valence-electron chi connectivity index (χ1n) is 6.33. The Morgan fingerprint density at radius 1 is 0.867 bits per heavy atom. The molecule has 0 spiro atoms. The zero-order chi connectivity index (χ0) is 12.1. The second-order valence-corrected chi connectivity index (χ2v) is 3.42. The van der Waals surface area contributed by atoms with Gasteiger partial charge in [-0.05, 0) is 24.3 Å². The van der Waals surface area contributed by atoms with E-state index in [0.717, 1.165) is 5.92 Å². The minimum Gasteiger partial charge on any atom is -0.0683 e. The first kappa shape index (κ1) is 16.6. The smallest absolute Gasteiger partial charge is 0.0276 e. The molecule has 0 nitrogen and oxygen atoms in total. The lowest BCUT2D eigenvalue weighted by molar-refractivity contribution is 0.587. The van der Waals surface area contributed by atoms with Crippen LogP contribution in [0.1, 0.15) is 53.5 Å². The Morgan fingerprint density at radius 2 is 1.33 bits per heavy atom. The third-order valence-corrected chi connectivity index (χ3v) is 1.85. The van der Waals surface area contributed by atoms with Crippen LogP contribution in [0, 0.1) is 5.92 Å². The number of aryl methyl sites for hydroxylation is 1. The van der Waals surface area contributed by atoms with Gasteiger partial charge in [-0.2, -0.15) is 0 Å². The molecule has 15 heavy (non-hydrogen) atoms. The van der Waals surface area contributed by atoms with Crippen LogP contribution in [0.3, 0.4) is 0 Å². The molecular weight excluding hydrogens is 180 g/mol. The fourth-order valence-corrected chi connectivity index (χ4v) is 1.10. The van der Waals surface area contributed by atoms with Gasteiger partial charge >= 0.3 is 0 Å². The average Bonchev–Trinajstić information content (AvgIpc) is 2.33. The van der Waals surface area contributed by atoms with E-state index in [2.05, 4.69) is 44.2 Å². The molecule has 1 aromatic carbocycles. The summed E-state index contributed by atoms with van der Waals surface area (Å²) in [5.74, 6) is 0.815. The largest absolute Gasteiger partial charge is 0.0683 e. The summed E-state index contributed by atoms with van der Waals surface area (Å²) in [5, 5.41) is 0. The molecule has 0 saturated heterocycles. The van der Waals surface area contributed by atoms with E-state index in [9.17, 15) is 0 Å². The van der Waals surface area contributed by atoms with Crippen molar-refractivity contribution in [3.63, 3.8) is 0 Å². The van der Waals surface area contributed by atoms with E-state index < -0.39 is 0 Å². The fourth-order valence-electron chi connectivity index (χ4n) is 1.10. The maximum absolute atomic E-state index is 2.27. The molecule has 0 radical (unpaired) electrons. The monoisotopic (exact) mass is 208 g/mol. The molecule has 0 unspecified atom stereocenters. The Hall–Kier alpha value is -0.780. The molecule has 1 aromatic rings. The van der Waals surface area contributed by atoms with E-state index in [1.807, 2.05) is 27.7 Å². The summed E-state index contributed by atoms with van der Waals surface area (Å²) in [6, 6.07) is 10.7. The van der Waals surface area contributed by atoms with Crippen molar-refractivity contribution in [2.75, 3.05) is 0 Å². The Kier molecular flexibility index (Phi) is 14.7. The van der Waals surface area contributed by atoms with Crippen molar-refractivity contribution in [1.82, 2.24) is 0 Å². The molecule has 0 saturated carbocycles. The van der Waals surface area contributed by atoms with Crippen LogP contribution < -0.4 is 0 Å². The van der Waals surface area contributed by atoms with Gasteiger partial charge in [0.05, 0.1) is 0 Å². The lowest BCUT2D eigenvalue weighted by atomic mass is 10.0. The zero-order valence-corrected chi connectivity index (χ0v) is 11.4. The van der Waals surface area contributed by atoms with Crippen molar-refractivity contribution >= 4 is 0 Å². The maximum Gasteiger partial charge on any atom is -0.0276 e. The summed E-state index contributed by atoms with van der Waals surface area (Å²) < 4.78 is 0. The second kappa shape index (κ2) is 13.2. The zero-order valence-electron chi connectivity index (χ0n) is 11.4. The summed E-state index contributed by atoms with van der Waals surface area (Å²) in [6.45, 7) is 12.5. The van der Waals surface area contributed by atoms with E-state index in [1.54, 1.807) is 0 Å². The highest BCUT2D eigenvalue weighted by Crippen LogP contribution is 2.07. The Morgan fingerprint density at radius 3 is 1.73 bits per heavy atom. The lowest BCUT2D eigenvalue weighted by Crippen LogP contribution is -1.91. The number of hydrogen-bond acceptors (Lipinski definition) is 0. The third kappa shape index (κ3) is 11.1. The predicted octanol–water partition coefficient (Wildman–Crippen LogP) is 5.33. The van der Waals surface area contributed by atoms with Crippen molar-refractivity contribution < 1.29 is 0 Å². The van der Waals surface area contributed by atoms with Crippen LogP contribution in [0.25, 0.3) is 0 Å². The molecule has 1 rings (SSSR count). The molecule has 0 fully saturated rings. The van der Waals surface area contributed by atoms with Gasteiger partial charge in [0.25, 0.3) is 0 Å². The minimum absolute atomic E-state index is 0.815. The van der Waals surface area contributed by atoms with Gasteiger partial charge in [0.1, 0.15) is 0 Å². The summed E-state index contributed by atoms with van der Waals surface area (Å²) >= 11 is 0. The molecule has 0 atom stereocenters. The van der Waals surface area contributed by atoms with Gasteiger partial charge in [-0.15, -0.1) is 0 Å². The van der Waals surface area contributed by atoms with Gasteiger partial charge in [0.2, 0.25) is 0 Å². The molecule has 0 heterocycles. The first-order chi connectivity index (χ1) is 7.29. The van der Waals surface area contributed by atoms with Gasteiger partial charge in [0.15, 0.2) is 0 Å². The summed E-state index contributed by atoms with van der Waals surface area (Å²) in [7, 11) is 0. The molecule has 0 aliphatic carbocycles. The van der Waals surface area contributed by atoms with Crippen LogP contribution in [0.5, 0.6) is 0 Å². The Labute approximate surface area is 96.7 Å². The quantitative estimate of drug-likeness (QED) is 0.630. The van der Waals surface area contributed by atoms with Crippen molar-refractivity contribution in [3.05, 3.63) is 35.9 Å². The van der Waals surface area contributed by atoms with Crippen molar-refractivity contribution in [1.29, 1.82) is 0 Å². The second-order valence-electron chi connectivity index (χ2n) is 3.42. The molecule has 0 amide bonds. The molecule has 88 valence electrons. The molecular formula is C15H28. The van der Waals surface area contributed by atoms with Crippen LogP contribution in [0.15, 0.2) is 30.3 Å². The highest BCUT2D eigenvalue weighted by molar-refractivity contribution is 5.14. The summed E-state index contributed by atoms with van der Waals surface area (Å²) in [6.07, 6.45) is 2.52. The van der Waals surface area contributed by atoms with Crippen LogP contribution in [-0.2, 0) is 6.42 Å². The minimum atomic E-state index is 0.815. The maximum atomic E-state index is 2.27. The van der Waals surface area contributed by atoms with E-state index in [4.69, 9.17) is 0 Å². The highest BCUT2D eigenvalue weighted by Gasteiger charge is 1.94. The Bertz CT molecular complexity index is 186. The topological polar surface area (TPSA) is 0 Å². The third-order valence-electron chi connectivity index (χ3n) is 1.85. The van der Waals surface area contributed by atoms with Crippen molar-refractivity contribution in [3.8, 4) is 0 Å². The number of rotatable bonds is 3. The van der Waals surface area contributed by atoms with E-state index >= 15 is 0 Å². The number of hydrogen-bond donors (Lipinski definition) is 0. The molecule has 0 aromatic heterocycles.